The molecule has 0 fully saturated rings. The number of aryl methyl sites for hydroxylation is 2. The van der Waals surface area contributed by atoms with Crippen LogP contribution in [0.1, 0.15) is 39.2 Å². The lowest BCUT2D eigenvalue weighted by atomic mass is 9.96. The normalized spacial score (nSPS) is 14.6. The molecule has 0 aliphatic rings. The molecule has 0 aromatic carbocycles. The smallest absolute Gasteiger partial charge is 0.104 e. The summed E-state index contributed by atoms with van der Waals surface area (Å²) in [5.41, 5.74) is 0.740. The van der Waals surface area contributed by atoms with Gasteiger partial charge in [-0.3, -0.25) is 10.00 Å². The van der Waals surface area contributed by atoms with Gasteiger partial charge in [-0.1, -0.05) is 0 Å². The van der Waals surface area contributed by atoms with E-state index in [0.29, 0.717) is 6.04 Å². The fourth-order valence-corrected chi connectivity index (χ4v) is 1.98. The van der Waals surface area contributed by atoms with Crippen molar-refractivity contribution in [1.82, 2.24) is 15.1 Å². The van der Waals surface area contributed by atoms with Crippen LogP contribution in [0, 0.1) is 18.3 Å². The summed E-state index contributed by atoms with van der Waals surface area (Å²) in [7, 11) is 0. The monoisotopic (exact) mass is 234 g/mol. The molecule has 0 amide bonds. The molecule has 17 heavy (non-hydrogen) atoms. The van der Waals surface area contributed by atoms with E-state index in [1.165, 1.54) is 5.56 Å². The first-order valence-corrected chi connectivity index (χ1v) is 6.13. The van der Waals surface area contributed by atoms with Crippen molar-refractivity contribution in [2.24, 2.45) is 0 Å². The molecule has 0 radical (unpaired) electrons. The molecular weight excluding hydrogens is 212 g/mol. The zero-order chi connectivity index (χ0) is 12.9. The topological polar surface area (TPSA) is 53.6 Å². The summed E-state index contributed by atoms with van der Waals surface area (Å²) < 4.78 is 1.93. The van der Waals surface area contributed by atoms with Crippen LogP contribution < -0.4 is 5.32 Å². The van der Waals surface area contributed by atoms with E-state index in [0.717, 1.165) is 19.4 Å². The summed E-state index contributed by atoms with van der Waals surface area (Å²) in [6.45, 7) is 8.98. The molecule has 4 heteroatoms. The minimum absolute atomic E-state index is 0.326. The number of nitrogens with zero attached hydrogens (tertiary/aromatic N) is 3. The summed E-state index contributed by atoms with van der Waals surface area (Å²) in [5, 5.41) is 16.7. The predicted octanol–water partition coefficient (Wildman–Crippen LogP) is 2.25. The van der Waals surface area contributed by atoms with Gasteiger partial charge in [-0.2, -0.15) is 10.4 Å². The lowest BCUT2D eigenvalue weighted by Gasteiger charge is -2.25. The van der Waals surface area contributed by atoms with Gasteiger partial charge in [-0.05, 0) is 46.1 Å². The summed E-state index contributed by atoms with van der Waals surface area (Å²) in [6, 6.07) is 2.69. The van der Waals surface area contributed by atoms with Crippen LogP contribution in [0.15, 0.2) is 12.4 Å². The Morgan fingerprint density at radius 1 is 1.59 bits per heavy atom. The summed E-state index contributed by atoms with van der Waals surface area (Å²) in [4.78, 5) is 0. The molecule has 1 rings (SSSR count). The second-order valence-electron chi connectivity index (χ2n) is 5.13. The fraction of sp³-hybridized carbons (Fsp3) is 0.692. The van der Waals surface area contributed by atoms with Crippen molar-refractivity contribution in [3.63, 3.8) is 0 Å². The average Bonchev–Trinajstić information content (AvgIpc) is 2.63. The van der Waals surface area contributed by atoms with E-state index in [2.05, 4.69) is 30.3 Å². The molecular formula is C13H22N4. The van der Waals surface area contributed by atoms with E-state index >= 15 is 0 Å². The molecule has 1 N–H and O–H groups in total. The van der Waals surface area contributed by atoms with E-state index in [9.17, 15) is 5.26 Å². The molecule has 0 aliphatic carbocycles. The van der Waals surface area contributed by atoms with Crippen molar-refractivity contribution in [2.45, 2.75) is 58.7 Å². The number of nitriles is 1. The minimum Gasteiger partial charge on any atom is -0.297 e. The molecule has 1 atom stereocenters. The van der Waals surface area contributed by atoms with Gasteiger partial charge in [0.15, 0.2) is 0 Å². The Bertz CT molecular complexity index is 388. The standard InChI is InChI=1S/C13H22N4/c1-11(2)16-13(4,10-14)6-5-7-17-9-12(3)8-15-17/h8-9,11,16H,5-7H2,1-4H3. The van der Waals surface area contributed by atoms with Crippen LogP contribution in [0.3, 0.4) is 0 Å². The van der Waals surface area contributed by atoms with Gasteiger partial charge < -0.3 is 0 Å². The molecule has 1 aromatic rings. The number of aromatic nitrogens is 2. The molecule has 1 aromatic heterocycles. The average molecular weight is 234 g/mol. The Kier molecular flexibility index (Phi) is 4.71. The van der Waals surface area contributed by atoms with Crippen molar-refractivity contribution in [1.29, 1.82) is 5.26 Å². The van der Waals surface area contributed by atoms with Crippen LogP contribution in [-0.4, -0.2) is 21.4 Å². The number of hydrogen-bond donors (Lipinski definition) is 1. The van der Waals surface area contributed by atoms with Crippen LogP contribution in [0.2, 0.25) is 0 Å². The van der Waals surface area contributed by atoms with Crippen molar-refractivity contribution >= 4 is 0 Å². The lowest BCUT2D eigenvalue weighted by molar-refractivity contribution is 0.361. The first-order valence-electron chi connectivity index (χ1n) is 6.13. The van der Waals surface area contributed by atoms with E-state index in [-0.39, 0.29) is 0 Å². The first kappa shape index (κ1) is 13.7. The first-order chi connectivity index (χ1) is 7.95. The Hall–Kier alpha value is -1.34. The predicted molar refractivity (Wildman–Crippen MR) is 68.5 cm³/mol. The quantitative estimate of drug-likeness (QED) is 0.821. The number of rotatable bonds is 6. The number of hydrogen-bond acceptors (Lipinski definition) is 3. The second-order valence-corrected chi connectivity index (χ2v) is 5.13. The van der Waals surface area contributed by atoms with Crippen molar-refractivity contribution in [2.75, 3.05) is 0 Å². The third kappa shape index (κ3) is 4.58. The molecule has 1 unspecified atom stereocenters. The highest BCUT2D eigenvalue weighted by Crippen LogP contribution is 2.13. The molecule has 0 bridgehead atoms. The van der Waals surface area contributed by atoms with Crippen LogP contribution in [0.25, 0.3) is 0 Å². The van der Waals surface area contributed by atoms with Crippen molar-refractivity contribution in [3.8, 4) is 6.07 Å². The van der Waals surface area contributed by atoms with E-state index in [1.54, 1.807) is 0 Å². The zero-order valence-corrected chi connectivity index (χ0v) is 11.2. The van der Waals surface area contributed by atoms with Gasteiger partial charge >= 0.3 is 0 Å². The van der Waals surface area contributed by atoms with Gasteiger partial charge in [0.25, 0.3) is 0 Å². The van der Waals surface area contributed by atoms with Crippen LogP contribution in [0.4, 0.5) is 0 Å². The Morgan fingerprint density at radius 2 is 2.29 bits per heavy atom. The second kappa shape index (κ2) is 5.83. The minimum atomic E-state index is -0.434. The summed E-state index contributed by atoms with van der Waals surface area (Å²) in [5.74, 6) is 0. The molecule has 0 saturated carbocycles. The van der Waals surface area contributed by atoms with Gasteiger partial charge in [0.2, 0.25) is 0 Å². The maximum atomic E-state index is 9.20. The van der Waals surface area contributed by atoms with Crippen LogP contribution in [0.5, 0.6) is 0 Å². The highest BCUT2D eigenvalue weighted by atomic mass is 15.3. The molecule has 4 nitrogen and oxygen atoms in total. The Labute approximate surface area is 104 Å². The molecule has 0 aliphatic heterocycles. The van der Waals surface area contributed by atoms with E-state index in [4.69, 9.17) is 0 Å². The third-order valence-electron chi connectivity index (χ3n) is 2.68. The summed E-state index contributed by atoms with van der Waals surface area (Å²) >= 11 is 0. The van der Waals surface area contributed by atoms with Gasteiger partial charge in [-0.15, -0.1) is 0 Å². The maximum absolute atomic E-state index is 9.20. The number of nitrogens with one attached hydrogen (secondary N) is 1. The van der Waals surface area contributed by atoms with Gasteiger partial charge in [0, 0.05) is 18.8 Å². The molecule has 0 saturated heterocycles. The van der Waals surface area contributed by atoms with Crippen molar-refractivity contribution in [3.05, 3.63) is 18.0 Å². The fourth-order valence-electron chi connectivity index (χ4n) is 1.98. The zero-order valence-electron chi connectivity index (χ0n) is 11.2. The SMILES string of the molecule is Cc1cnn(CCCC(C)(C#N)NC(C)C)c1. The van der Waals surface area contributed by atoms with Crippen molar-refractivity contribution < 1.29 is 0 Å². The molecule has 94 valence electrons. The Morgan fingerprint density at radius 3 is 2.76 bits per heavy atom. The van der Waals surface area contributed by atoms with Gasteiger partial charge in [-0.25, -0.2) is 0 Å². The van der Waals surface area contributed by atoms with E-state index < -0.39 is 5.54 Å². The Balaban J connectivity index is 2.41. The van der Waals surface area contributed by atoms with E-state index in [1.807, 2.05) is 30.9 Å². The summed E-state index contributed by atoms with van der Waals surface area (Å²) in [6.07, 6.45) is 5.67. The van der Waals surface area contributed by atoms with Gasteiger partial charge in [0.1, 0.15) is 5.54 Å². The maximum Gasteiger partial charge on any atom is 0.104 e. The van der Waals surface area contributed by atoms with Gasteiger partial charge in [0.05, 0.1) is 12.3 Å². The highest BCUT2D eigenvalue weighted by Gasteiger charge is 2.23. The molecule has 0 spiro atoms. The highest BCUT2D eigenvalue weighted by molar-refractivity contribution is 5.04. The molecule has 1 heterocycles. The largest absolute Gasteiger partial charge is 0.297 e. The van der Waals surface area contributed by atoms with Crippen LogP contribution in [-0.2, 0) is 6.54 Å². The van der Waals surface area contributed by atoms with Crippen LogP contribution >= 0.6 is 0 Å². The lowest BCUT2D eigenvalue weighted by Crippen LogP contribution is -2.45. The third-order valence-corrected chi connectivity index (χ3v) is 2.68.